The summed E-state index contributed by atoms with van der Waals surface area (Å²) in [7, 11) is 0. The lowest BCUT2D eigenvalue weighted by molar-refractivity contribution is 0.804. The van der Waals surface area contributed by atoms with E-state index >= 15 is 0 Å². The number of rotatable bonds is 2. The lowest BCUT2D eigenvalue weighted by atomic mass is 10.3. The van der Waals surface area contributed by atoms with E-state index in [1.54, 1.807) is 10.9 Å². The Morgan fingerprint density at radius 2 is 2.19 bits per heavy atom. The van der Waals surface area contributed by atoms with Gasteiger partial charge in [-0.25, -0.2) is 4.68 Å². The number of aryl methyl sites for hydroxylation is 1. The molecule has 0 aliphatic carbocycles. The first kappa shape index (κ1) is 11.1. The predicted molar refractivity (Wildman–Crippen MR) is 63.7 cm³/mol. The molecule has 0 aliphatic heterocycles. The second-order valence-corrected chi connectivity index (χ2v) is 3.95. The van der Waals surface area contributed by atoms with Crippen molar-refractivity contribution in [3.8, 4) is 5.69 Å². The monoisotopic (exact) mass is 236 g/mol. The molecule has 2 N–H and O–H groups in total. The third-order valence-electron chi connectivity index (χ3n) is 2.49. The summed E-state index contributed by atoms with van der Waals surface area (Å²) < 4.78 is 1.78. The molecule has 0 saturated carbocycles. The Morgan fingerprint density at radius 3 is 2.75 bits per heavy atom. The van der Waals surface area contributed by atoms with Crippen molar-refractivity contribution in [2.45, 2.75) is 20.4 Å². The molecule has 2 aromatic heterocycles. The Bertz CT molecular complexity index is 519. The molecule has 2 rings (SSSR count). The summed E-state index contributed by atoms with van der Waals surface area (Å²) in [6, 6.07) is 3.80. The molecule has 2 aromatic rings. The Balaban J connectivity index is 2.63. The maximum absolute atomic E-state index is 6.11. The van der Waals surface area contributed by atoms with Crippen molar-refractivity contribution in [1.82, 2.24) is 14.8 Å². The zero-order valence-electron chi connectivity index (χ0n) is 9.24. The van der Waals surface area contributed by atoms with E-state index in [1.807, 2.05) is 26.0 Å². The number of pyridine rings is 1. The van der Waals surface area contributed by atoms with Crippen molar-refractivity contribution < 1.29 is 0 Å². The van der Waals surface area contributed by atoms with E-state index in [4.69, 9.17) is 17.3 Å². The minimum absolute atomic E-state index is 0.381. The van der Waals surface area contributed by atoms with Gasteiger partial charge in [-0.1, -0.05) is 11.6 Å². The quantitative estimate of drug-likeness (QED) is 0.868. The lowest BCUT2D eigenvalue weighted by Crippen LogP contribution is -2.08. The van der Waals surface area contributed by atoms with Crippen LogP contribution in [0, 0.1) is 13.8 Å². The molecule has 0 radical (unpaired) electrons. The van der Waals surface area contributed by atoms with Gasteiger partial charge in [0.15, 0.2) is 0 Å². The molecule has 0 saturated heterocycles. The Morgan fingerprint density at radius 1 is 1.44 bits per heavy atom. The van der Waals surface area contributed by atoms with Crippen molar-refractivity contribution in [3.05, 3.63) is 40.4 Å². The van der Waals surface area contributed by atoms with E-state index in [9.17, 15) is 0 Å². The molecule has 0 amide bonds. The van der Waals surface area contributed by atoms with Gasteiger partial charge in [-0.2, -0.15) is 5.10 Å². The Hall–Kier alpha value is -1.39. The SMILES string of the molecule is Cc1nn(-c2cccnc2CN)c(C)c1Cl. The zero-order valence-corrected chi connectivity index (χ0v) is 9.99. The largest absolute Gasteiger partial charge is 0.325 e. The molecule has 0 unspecified atom stereocenters. The summed E-state index contributed by atoms with van der Waals surface area (Å²) in [5, 5.41) is 5.06. The number of nitrogens with two attached hydrogens (primary N) is 1. The smallest absolute Gasteiger partial charge is 0.0877 e. The van der Waals surface area contributed by atoms with Gasteiger partial charge in [-0.05, 0) is 26.0 Å². The molecule has 2 heterocycles. The first-order chi connectivity index (χ1) is 7.65. The molecule has 0 fully saturated rings. The molecule has 5 heteroatoms. The molecular formula is C11H13ClN4. The van der Waals surface area contributed by atoms with Crippen molar-refractivity contribution in [1.29, 1.82) is 0 Å². The van der Waals surface area contributed by atoms with Crippen molar-refractivity contribution in [3.63, 3.8) is 0 Å². The van der Waals surface area contributed by atoms with Gasteiger partial charge in [0, 0.05) is 12.7 Å². The minimum Gasteiger partial charge on any atom is -0.325 e. The van der Waals surface area contributed by atoms with E-state index in [0.717, 1.165) is 22.8 Å². The maximum Gasteiger partial charge on any atom is 0.0877 e. The van der Waals surface area contributed by atoms with Crippen LogP contribution >= 0.6 is 11.6 Å². The second kappa shape index (κ2) is 4.23. The summed E-state index contributed by atoms with van der Waals surface area (Å²) in [5.74, 6) is 0. The molecule has 0 bridgehead atoms. The van der Waals surface area contributed by atoms with Crippen LogP contribution in [0.5, 0.6) is 0 Å². The van der Waals surface area contributed by atoms with Gasteiger partial charge in [-0.3, -0.25) is 4.98 Å². The van der Waals surface area contributed by atoms with Crippen molar-refractivity contribution >= 4 is 11.6 Å². The van der Waals surface area contributed by atoms with Crippen LogP contribution in [0.4, 0.5) is 0 Å². The van der Waals surface area contributed by atoms with Gasteiger partial charge in [0.2, 0.25) is 0 Å². The fourth-order valence-electron chi connectivity index (χ4n) is 1.64. The van der Waals surface area contributed by atoms with Gasteiger partial charge in [-0.15, -0.1) is 0 Å². The van der Waals surface area contributed by atoms with Crippen LogP contribution in [0.1, 0.15) is 17.1 Å². The first-order valence-corrected chi connectivity index (χ1v) is 5.39. The molecule has 84 valence electrons. The number of hydrogen-bond donors (Lipinski definition) is 1. The van der Waals surface area contributed by atoms with Crippen molar-refractivity contribution in [2.24, 2.45) is 5.73 Å². The van der Waals surface area contributed by atoms with Gasteiger partial charge < -0.3 is 5.73 Å². The summed E-state index contributed by atoms with van der Waals surface area (Å²) in [6.07, 6.45) is 1.72. The van der Waals surface area contributed by atoms with Crippen LogP contribution in [0.3, 0.4) is 0 Å². The molecule has 0 atom stereocenters. The third kappa shape index (κ3) is 1.70. The van der Waals surface area contributed by atoms with Crippen LogP contribution in [0.2, 0.25) is 5.02 Å². The van der Waals surface area contributed by atoms with Crippen LogP contribution < -0.4 is 5.73 Å². The van der Waals surface area contributed by atoms with Crippen LogP contribution in [0.15, 0.2) is 18.3 Å². The van der Waals surface area contributed by atoms with Crippen LogP contribution in [-0.4, -0.2) is 14.8 Å². The first-order valence-electron chi connectivity index (χ1n) is 5.01. The van der Waals surface area contributed by atoms with Gasteiger partial charge in [0.05, 0.1) is 27.8 Å². The number of aromatic nitrogens is 3. The highest BCUT2D eigenvalue weighted by Crippen LogP contribution is 2.23. The number of hydrogen-bond acceptors (Lipinski definition) is 3. The maximum atomic E-state index is 6.11. The molecule has 16 heavy (non-hydrogen) atoms. The van der Waals surface area contributed by atoms with Gasteiger partial charge in [0.1, 0.15) is 0 Å². The average Bonchev–Trinajstić information content (AvgIpc) is 2.57. The third-order valence-corrected chi connectivity index (χ3v) is 3.04. The highest BCUT2D eigenvalue weighted by Gasteiger charge is 2.13. The van der Waals surface area contributed by atoms with Crippen LogP contribution in [-0.2, 0) is 6.54 Å². The predicted octanol–water partition coefficient (Wildman–Crippen LogP) is 2.00. The second-order valence-electron chi connectivity index (χ2n) is 3.57. The van der Waals surface area contributed by atoms with E-state index < -0.39 is 0 Å². The van der Waals surface area contributed by atoms with E-state index in [0.29, 0.717) is 11.6 Å². The molecule has 4 nitrogen and oxygen atoms in total. The Labute approximate surface area is 99.1 Å². The fourth-order valence-corrected chi connectivity index (χ4v) is 1.76. The standard InChI is InChI=1S/C11H13ClN4/c1-7-11(12)8(2)16(15-7)10-4-3-5-14-9(10)6-13/h3-5H,6,13H2,1-2H3. The summed E-state index contributed by atoms with van der Waals surface area (Å²) in [4.78, 5) is 4.22. The number of nitrogens with zero attached hydrogens (tertiary/aromatic N) is 3. The molecule has 0 aliphatic rings. The van der Waals surface area contributed by atoms with Gasteiger partial charge >= 0.3 is 0 Å². The topological polar surface area (TPSA) is 56.7 Å². The fraction of sp³-hybridized carbons (Fsp3) is 0.273. The number of halogens is 1. The summed E-state index contributed by atoms with van der Waals surface area (Å²) in [6.45, 7) is 4.19. The zero-order chi connectivity index (χ0) is 11.7. The van der Waals surface area contributed by atoms with E-state index in [-0.39, 0.29) is 0 Å². The van der Waals surface area contributed by atoms with E-state index in [1.165, 1.54) is 0 Å². The summed E-state index contributed by atoms with van der Waals surface area (Å²) in [5.41, 5.74) is 9.06. The van der Waals surface area contributed by atoms with Gasteiger partial charge in [0.25, 0.3) is 0 Å². The highest BCUT2D eigenvalue weighted by molar-refractivity contribution is 6.31. The molecule has 0 spiro atoms. The normalized spacial score (nSPS) is 10.8. The molecule has 0 aromatic carbocycles. The Kier molecular flexibility index (Phi) is 2.94. The average molecular weight is 237 g/mol. The summed E-state index contributed by atoms with van der Waals surface area (Å²) >= 11 is 6.11. The highest BCUT2D eigenvalue weighted by atomic mass is 35.5. The van der Waals surface area contributed by atoms with Crippen LogP contribution in [0.25, 0.3) is 5.69 Å². The van der Waals surface area contributed by atoms with E-state index in [2.05, 4.69) is 10.1 Å². The lowest BCUT2D eigenvalue weighted by Gasteiger charge is -2.08. The minimum atomic E-state index is 0.381. The van der Waals surface area contributed by atoms with Crippen molar-refractivity contribution in [2.75, 3.05) is 0 Å². The molecular weight excluding hydrogens is 224 g/mol.